The fraction of sp³-hybridized carbons (Fsp3) is 0. The number of nitrogens with zero attached hydrogens (tertiary/aromatic N) is 1. The number of aliphatic imine (C=N–C) groups is 1. The summed E-state index contributed by atoms with van der Waals surface area (Å²) in [5.74, 6) is -0.466. The summed E-state index contributed by atoms with van der Waals surface area (Å²) in [6.45, 7) is 0. The van der Waals surface area contributed by atoms with Gasteiger partial charge in [0.05, 0.1) is 9.80 Å². The molecule has 4 rings (SSSR count). The minimum atomic E-state index is -3.92. The van der Waals surface area contributed by atoms with Crippen LogP contribution in [0.4, 0.5) is 0 Å². The van der Waals surface area contributed by atoms with E-state index in [1.165, 1.54) is 18.2 Å². The Labute approximate surface area is 165 Å². The second-order valence-electron chi connectivity index (χ2n) is 6.01. The minimum Gasteiger partial charge on any atom is -0.508 e. The van der Waals surface area contributed by atoms with Crippen LogP contribution in [0.3, 0.4) is 0 Å². The van der Waals surface area contributed by atoms with E-state index in [1.807, 2.05) is 18.2 Å². The summed E-state index contributed by atoms with van der Waals surface area (Å²) in [5, 5.41) is 10.9. The van der Waals surface area contributed by atoms with Gasteiger partial charge in [-0.25, -0.2) is 8.42 Å². The Hall–Kier alpha value is -3.10. The number of phenolic OH excluding ortho intramolecular Hbond substituents is 1. The van der Waals surface area contributed by atoms with Crippen LogP contribution in [-0.4, -0.2) is 24.6 Å². The predicted octanol–water partition coefficient (Wildman–Crippen LogP) is 3.49. The molecule has 0 bridgehead atoms. The fourth-order valence-electron chi connectivity index (χ4n) is 2.82. The maximum atomic E-state index is 12.8. The molecular weight excluding hydrogens is 396 g/mol. The molecule has 1 heterocycles. The predicted molar refractivity (Wildman–Crippen MR) is 110 cm³/mol. The van der Waals surface area contributed by atoms with E-state index < -0.39 is 15.9 Å². The third-order valence-corrected chi connectivity index (χ3v) is 6.47. The van der Waals surface area contributed by atoms with Crippen LogP contribution in [0.5, 0.6) is 5.75 Å². The molecule has 0 saturated carbocycles. The molecule has 0 radical (unpaired) electrons. The number of phenols is 1. The van der Waals surface area contributed by atoms with Crippen LogP contribution in [0.2, 0.25) is 0 Å². The number of fused-ring (bicyclic) bond motifs is 1. The van der Waals surface area contributed by atoms with E-state index in [9.17, 15) is 18.3 Å². The number of carbonyl (C=O) groups is 1. The Bertz CT molecular complexity index is 1260. The fourth-order valence-corrected chi connectivity index (χ4v) is 5.10. The molecule has 2 N–H and O–H groups in total. The van der Waals surface area contributed by atoms with Crippen LogP contribution >= 0.6 is 11.8 Å². The van der Waals surface area contributed by atoms with Crippen molar-refractivity contribution in [1.29, 1.82) is 0 Å². The minimum absolute atomic E-state index is 0.00987. The second-order valence-corrected chi connectivity index (χ2v) is 8.69. The summed E-state index contributed by atoms with van der Waals surface area (Å²) in [5.41, 5.74) is 0.615. The first-order chi connectivity index (χ1) is 13.4. The van der Waals surface area contributed by atoms with E-state index in [0.717, 1.165) is 17.1 Å². The van der Waals surface area contributed by atoms with Crippen molar-refractivity contribution in [3.8, 4) is 5.75 Å². The summed E-state index contributed by atoms with van der Waals surface area (Å²) < 4.78 is 28.1. The van der Waals surface area contributed by atoms with Gasteiger partial charge in [-0.15, -0.1) is 0 Å². The molecule has 1 aliphatic heterocycles. The summed E-state index contributed by atoms with van der Waals surface area (Å²) in [6.07, 6.45) is 1.55. The van der Waals surface area contributed by atoms with Gasteiger partial charge < -0.3 is 5.11 Å². The van der Waals surface area contributed by atoms with Crippen molar-refractivity contribution in [2.75, 3.05) is 0 Å². The van der Waals surface area contributed by atoms with Gasteiger partial charge in [-0.2, -0.15) is 4.99 Å². The number of sulfonamides is 1. The van der Waals surface area contributed by atoms with Crippen LogP contribution in [0.25, 0.3) is 16.8 Å². The average molecular weight is 410 g/mol. The zero-order valence-corrected chi connectivity index (χ0v) is 16.0. The first kappa shape index (κ1) is 18.3. The highest BCUT2D eigenvalue weighted by molar-refractivity contribution is 8.19. The molecule has 0 fully saturated rings. The Kier molecular flexibility index (Phi) is 4.66. The number of rotatable bonds is 3. The average Bonchev–Trinajstić information content (AvgIpc) is 2.99. The molecule has 0 aromatic heterocycles. The van der Waals surface area contributed by atoms with E-state index in [-0.39, 0.29) is 20.7 Å². The number of amides is 1. The number of carbonyl (C=O) groups excluding carboxylic acids is 1. The van der Waals surface area contributed by atoms with Gasteiger partial charge in [0.25, 0.3) is 15.9 Å². The lowest BCUT2D eigenvalue weighted by atomic mass is 10.1. The summed E-state index contributed by atoms with van der Waals surface area (Å²) in [7, 11) is -3.92. The quantitative estimate of drug-likeness (QED) is 0.645. The van der Waals surface area contributed by atoms with E-state index >= 15 is 0 Å². The van der Waals surface area contributed by atoms with Crippen molar-refractivity contribution in [3.63, 3.8) is 0 Å². The van der Waals surface area contributed by atoms with Gasteiger partial charge in [-0.3, -0.25) is 9.52 Å². The Morgan fingerprint density at radius 1 is 1.00 bits per heavy atom. The van der Waals surface area contributed by atoms with Gasteiger partial charge in [-0.05, 0) is 47.0 Å². The van der Waals surface area contributed by atoms with Crippen molar-refractivity contribution in [1.82, 2.24) is 4.72 Å². The molecule has 0 unspecified atom stereocenters. The van der Waals surface area contributed by atoms with Crippen LogP contribution in [0.1, 0.15) is 5.56 Å². The molecule has 1 aliphatic rings. The molecule has 0 aliphatic carbocycles. The standard InChI is InChI=1S/C20H14N2O4S2/c23-15-8-3-5-13(11-15)12-17-19(24)21-20(27-17)22-28(25,26)18-10-4-7-14-6-1-2-9-16(14)18/h1-12,23H,(H,21,22,24)/b17-12-. The third-order valence-electron chi connectivity index (χ3n) is 4.05. The largest absolute Gasteiger partial charge is 0.508 e. The monoisotopic (exact) mass is 410 g/mol. The van der Waals surface area contributed by atoms with Crippen molar-refractivity contribution >= 4 is 49.7 Å². The van der Waals surface area contributed by atoms with Crippen LogP contribution in [0.15, 0.2) is 81.5 Å². The van der Waals surface area contributed by atoms with Crippen LogP contribution < -0.4 is 4.72 Å². The number of thioether (sulfide) groups is 1. The molecule has 3 aromatic rings. The maximum Gasteiger partial charge on any atom is 0.286 e. The van der Waals surface area contributed by atoms with E-state index in [2.05, 4.69) is 9.71 Å². The molecule has 140 valence electrons. The van der Waals surface area contributed by atoms with E-state index in [4.69, 9.17) is 0 Å². The van der Waals surface area contributed by atoms with E-state index in [0.29, 0.717) is 10.9 Å². The maximum absolute atomic E-state index is 12.8. The molecule has 28 heavy (non-hydrogen) atoms. The van der Waals surface area contributed by atoms with Crippen molar-refractivity contribution in [3.05, 3.63) is 77.2 Å². The topological polar surface area (TPSA) is 95.8 Å². The SMILES string of the molecule is O=C1N=C(NS(=O)(=O)c2cccc3ccccc23)S/C1=C\c1cccc(O)c1. The molecule has 8 heteroatoms. The first-order valence-electron chi connectivity index (χ1n) is 8.24. The molecule has 0 atom stereocenters. The molecular formula is C20H14N2O4S2. The number of hydrogen-bond donors (Lipinski definition) is 2. The molecule has 1 amide bonds. The Morgan fingerprint density at radius 2 is 1.75 bits per heavy atom. The van der Waals surface area contributed by atoms with Gasteiger partial charge in [0, 0.05) is 5.39 Å². The number of amidine groups is 1. The second kappa shape index (κ2) is 7.14. The number of aromatic hydroxyl groups is 1. The van der Waals surface area contributed by atoms with Gasteiger partial charge in [0.1, 0.15) is 5.75 Å². The Balaban J connectivity index is 1.61. The van der Waals surface area contributed by atoms with Crippen molar-refractivity contribution in [2.45, 2.75) is 4.90 Å². The summed E-state index contributed by atoms with van der Waals surface area (Å²) in [6, 6.07) is 18.6. The summed E-state index contributed by atoms with van der Waals surface area (Å²) >= 11 is 0.936. The molecule has 0 saturated heterocycles. The van der Waals surface area contributed by atoms with Crippen molar-refractivity contribution < 1.29 is 18.3 Å². The number of benzene rings is 3. The molecule has 3 aromatic carbocycles. The molecule has 6 nitrogen and oxygen atoms in total. The highest BCUT2D eigenvalue weighted by atomic mass is 32.2. The number of nitrogens with one attached hydrogen (secondary N) is 1. The third kappa shape index (κ3) is 3.64. The smallest absolute Gasteiger partial charge is 0.286 e. The van der Waals surface area contributed by atoms with Gasteiger partial charge in [0.15, 0.2) is 5.17 Å². The normalized spacial score (nSPS) is 15.8. The first-order valence-corrected chi connectivity index (χ1v) is 10.5. The lowest BCUT2D eigenvalue weighted by molar-refractivity contribution is -0.113. The molecule has 0 spiro atoms. The lowest BCUT2D eigenvalue weighted by Crippen LogP contribution is -2.27. The van der Waals surface area contributed by atoms with Crippen LogP contribution in [0, 0.1) is 0 Å². The number of hydrogen-bond acceptors (Lipinski definition) is 5. The lowest BCUT2D eigenvalue weighted by Gasteiger charge is -2.09. The van der Waals surface area contributed by atoms with Gasteiger partial charge in [0.2, 0.25) is 0 Å². The van der Waals surface area contributed by atoms with E-state index in [1.54, 1.807) is 36.4 Å². The van der Waals surface area contributed by atoms with Crippen molar-refractivity contribution in [2.24, 2.45) is 4.99 Å². The highest BCUT2D eigenvalue weighted by Crippen LogP contribution is 2.30. The zero-order chi connectivity index (χ0) is 19.7. The van der Waals surface area contributed by atoms with Gasteiger partial charge in [-0.1, -0.05) is 48.5 Å². The summed E-state index contributed by atoms with van der Waals surface area (Å²) in [4.78, 5) is 16.3. The Morgan fingerprint density at radius 3 is 2.57 bits per heavy atom. The van der Waals surface area contributed by atoms with Gasteiger partial charge >= 0.3 is 0 Å². The zero-order valence-electron chi connectivity index (χ0n) is 14.4. The highest BCUT2D eigenvalue weighted by Gasteiger charge is 2.27. The van der Waals surface area contributed by atoms with Crippen LogP contribution in [-0.2, 0) is 14.8 Å².